The van der Waals surface area contributed by atoms with E-state index in [1.54, 1.807) is 16.1 Å². The monoisotopic (exact) mass is 407 g/mol. The Balaban J connectivity index is 1.90. The molecule has 0 aliphatic heterocycles. The number of aromatic nitrogens is 4. The van der Waals surface area contributed by atoms with Crippen LogP contribution in [0.4, 0.5) is 8.78 Å². The fourth-order valence-corrected chi connectivity index (χ4v) is 3.72. The number of aryl methyl sites for hydroxylation is 1. The normalized spacial score (nSPS) is 11.3. The zero-order chi connectivity index (χ0) is 21.4. The summed E-state index contributed by atoms with van der Waals surface area (Å²) >= 11 is 0. The maximum absolute atomic E-state index is 13.9. The summed E-state index contributed by atoms with van der Waals surface area (Å²) < 4.78 is 32.5. The number of allylic oxidation sites excluding steroid dienone is 1. The van der Waals surface area contributed by atoms with Crippen LogP contribution in [0.5, 0.6) is 0 Å². The van der Waals surface area contributed by atoms with Gasteiger partial charge in [0.25, 0.3) is 0 Å². The van der Waals surface area contributed by atoms with Gasteiger partial charge in [-0.05, 0) is 19.1 Å². The third-order valence-corrected chi connectivity index (χ3v) is 5.04. The Kier molecular flexibility index (Phi) is 4.96. The first-order valence-corrected chi connectivity index (χ1v) is 9.46. The molecular formula is C22H19F2N5O. The summed E-state index contributed by atoms with van der Waals surface area (Å²) in [5.74, 6) is -1.45. The number of halogens is 2. The summed E-state index contributed by atoms with van der Waals surface area (Å²) in [6.45, 7) is 13.5. The lowest BCUT2D eigenvalue weighted by Crippen LogP contribution is -2.25. The van der Waals surface area contributed by atoms with Crippen molar-refractivity contribution in [2.45, 2.75) is 26.4 Å². The third-order valence-electron chi connectivity index (χ3n) is 5.04. The van der Waals surface area contributed by atoms with Crippen LogP contribution in [-0.4, -0.2) is 25.2 Å². The highest BCUT2D eigenvalue weighted by Crippen LogP contribution is 2.23. The quantitative estimate of drug-likeness (QED) is 0.354. The van der Waals surface area contributed by atoms with E-state index in [9.17, 15) is 13.6 Å². The molecule has 2 aromatic carbocycles. The molecular weight excluding hydrogens is 388 g/mol. The number of imidazole rings is 2. The first kappa shape index (κ1) is 19.6. The van der Waals surface area contributed by atoms with Crippen molar-refractivity contribution in [1.82, 2.24) is 18.7 Å². The maximum atomic E-state index is 13.9. The van der Waals surface area contributed by atoms with E-state index in [-0.39, 0.29) is 12.2 Å². The smallest absolute Gasteiger partial charge is 0.326 e. The van der Waals surface area contributed by atoms with Crippen LogP contribution >= 0.6 is 0 Å². The lowest BCUT2D eigenvalue weighted by atomic mass is 10.3. The molecule has 6 nitrogen and oxygen atoms in total. The van der Waals surface area contributed by atoms with Crippen LogP contribution in [0.1, 0.15) is 19.2 Å². The standard InChI is InChI=1S/C22H19F2N5O/c1-14(2)29-19-8-5-4-7-18(19)28(22(29)30)13-21-26-17-11-15(23)16(24)12-20(17)27(21)10-6-9-25-3/h4-5,7-8,11-12H,1,6,9-10,13H2,2H3. The minimum Gasteiger partial charge on any atom is -0.326 e. The molecule has 0 amide bonds. The van der Waals surface area contributed by atoms with Crippen molar-refractivity contribution < 1.29 is 8.78 Å². The van der Waals surface area contributed by atoms with E-state index in [1.807, 2.05) is 24.3 Å². The van der Waals surface area contributed by atoms with Crippen molar-refractivity contribution in [3.05, 3.63) is 82.3 Å². The molecule has 0 atom stereocenters. The fraction of sp³-hybridized carbons (Fsp3) is 0.227. The maximum Gasteiger partial charge on any atom is 0.333 e. The second kappa shape index (κ2) is 7.59. The van der Waals surface area contributed by atoms with Crippen molar-refractivity contribution in [2.75, 3.05) is 6.54 Å². The van der Waals surface area contributed by atoms with E-state index >= 15 is 0 Å². The SMILES string of the molecule is [C-]#[N+]CCCn1c(Cn2c(=O)n(C(=C)C)c3ccccc32)nc2cc(F)c(F)cc21. The fourth-order valence-electron chi connectivity index (χ4n) is 3.72. The van der Waals surface area contributed by atoms with Crippen LogP contribution in [0.15, 0.2) is 47.8 Å². The average molecular weight is 407 g/mol. The lowest BCUT2D eigenvalue weighted by molar-refractivity contribution is 0.510. The molecule has 0 bridgehead atoms. The van der Waals surface area contributed by atoms with Crippen LogP contribution in [-0.2, 0) is 13.1 Å². The van der Waals surface area contributed by atoms with Crippen molar-refractivity contribution in [2.24, 2.45) is 0 Å². The Labute approximate surface area is 171 Å². The number of rotatable bonds is 6. The molecule has 0 aliphatic rings. The molecule has 30 heavy (non-hydrogen) atoms. The van der Waals surface area contributed by atoms with Crippen LogP contribution in [0.2, 0.25) is 0 Å². The molecule has 0 saturated carbocycles. The van der Waals surface area contributed by atoms with Gasteiger partial charge in [0.15, 0.2) is 11.6 Å². The minimum atomic E-state index is -0.976. The second-order valence-corrected chi connectivity index (χ2v) is 7.10. The number of fused-ring (bicyclic) bond motifs is 2. The molecule has 0 N–H and O–H groups in total. The Hall–Kier alpha value is -3.73. The van der Waals surface area contributed by atoms with Crippen molar-refractivity contribution in [3.8, 4) is 0 Å². The predicted molar refractivity (Wildman–Crippen MR) is 112 cm³/mol. The highest BCUT2D eigenvalue weighted by molar-refractivity contribution is 5.80. The van der Waals surface area contributed by atoms with Crippen LogP contribution in [0.25, 0.3) is 32.6 Å². The number of para-hydroxylation sites is 2. The zero-order valence-electron chi connectivity index (χ0n) is 16.4. The average Bonchev–Trinajstić information content (AvgIpc) is 3.18. The van der Waals surface area contributed by atoms with Gasteiger partial charge in [-0.25, -0.2) is 25.1 Å². The lowest BCUT2D eigenvalue weighted by Gasteiger charge is -2.09. The van der Waals surface area contributed by atoms with Crippen LogP contribution in [0, 0.1) is 18.2 Å². The van der Waals surface area contributed by atoms with Gasteiger partial charge in [0.2, 0.25) is 6.54 Å². The van der Waals surface area contributed by atoms with E-state index in [1.165, 1.54) is 4.57 Å². The molecule has 8 heteroatoms. The van der Waals surface area contributed by atoms with Gasteiger partial charge in [-0.3, -0.25) is 9.13 Å². The Morgan fingerprint density at radius 1 is 1.13 bits per heavy atom. The van der Waals surface area contributed by atoms with Crippen LogP contribution < -0.4 is 5.69 Å². The number of nitrogens with zero attached hydrogens (tertiary/aromatic N) is 5. The number of hydrogen-bond acceptors (Lipinski definition) is 2. The molecule has 2 heterocycles. The third kappa shape index (κ3) is 3.18. The van der Waals surface area contributed by atoms with E-state index in [0.717, 1.165) is 17.6 Å². The first-order chi connectivity index (χ1) is 14.4. The van der Waals surface area contributed by atoms with E-state index in [2.05, 4.69) is 16.4 Å². The van der Waals surface area contributed by atoms with E-state index in [0.29, 0.717) is 47.6 Å². The first-order valence-electron chi connectivity index (χ1n) is 9.46. The molecule has 0 unspecified atom stereocenters. The molecule has 0 aliphatic carbocycles. The number of benzene rings is 2. The highest BCUT2D eigenvalue weighted by Gasteiger charge is 2.19. The van der Waals surface area contributed by atoms with Crippen molar-refractivity contribution in [3.63, 3.8) is 0 Å². The zero-order valence-corrected chi connectivity index (χ0v) is 16.4. The minimum absolute atomic E-state index is 0.121. The molecule has 152 valence electrons. The summed E-state index contributed by atoms with van der Waals surface area (Å²) in [6.07, 6.45) is 0.531. The summed E-state index contributed by atoms with van der Waals surface area (Å²) in [7, 11) is 0. The Morgan fingerprint density at radius 2 is 1.83 bits per heavy atom. The van der Waals surface area contributed by atoms with Gasteiger partial charge >= 0.3 is 5.69 Å². The summed E-state index contributed by atoms with van der Waals surface area (Å²) in [5, 5.41) is 0. The molecule has 0 fully saturated rings. The van der Waals surface area contributed by atoms with Gasteiger partial charge in [-0.15, -0.1) is 0 Å². The predicted octanol–water partition coefficient (Wildman–Crippen LogP) is 4.28. The van der Waals surface area contributed by atoms with Crippen molar-refractivity contribution in [1.29, 1.82) is 0 Å². The van der Waals surface area contributed by atoms with Gasteiger partial charge in [0.1, 0.15) is 5.82 Å². The van der Waals surface area contributed by atoms with Gasteiger partial charge in [0.05, 0.1) is 28.6 Å². The molecule has 4 rings (SSSR count). The van der Waals surface area contributed by atoms with Gasteiger partial charge in [-0.1, -0.05) is 18.7 Å². The summed E-state index contributed by atoms with van der Waals surface area (Å²) in [6, 6.07) is 9.52. The van der Waals surface area contributed by atoms with E-state index < -0.39 is 11.6 Å². The molecule has 4 aromatic rings. The molecule has 0 radical (unpaired) electrons. The summed E-state index contributed by atoms with van der Waals surface area (Å²) in [5.41, 5.74) is 2.50. The highest BCUT2D eigenvalue weighted by atomic mass is 19.2. The Bertz CT molecular complexity index is 1390. The topological polar surface area (TPSA) is 49.1 Å². The van der Waals surface area contributed by atoms with E-state index in [4.69, 9.17) is 6.57 Å². The second-order valence-electron chi connectivity index (χ2n) is 7.10. The van der Waals surface area contributed by atoms with Gasteiger partial charge < -0.3 is 9.41 Å². The summed E-state index contributed by atoms with van der Waals surface area (Å²) in [4.78, 5) is 20.9. The molecule has 0 spiro atoms. The largest absolute Gasteiger partial charge is 0.333 e. The van der Waals surface area contributed by atoms with Crippen LogP contribution in [0.3, 0.4) is 0 Å². The molecule has 2 aromatic heterocycles. The number of hydrogen-bond donors (Lipinski definition) is 0. The van der Waals surface area contributed by atoms with Gasteiger partial charge in [-0.2, -0.15) is 0 Å². The Morgan fingerprint density at radius 3 is 2.53 bits per heavy atom. The van der Waals surface area contributed by atoms with Gasteiger partial charge in [0, 0.05) is 30.8 Å². The molecule has 0 saturated heterocycles. The van der Waals surface area contributed by atoms with Crippen molar-refractivity contribution >= 4 is 27.8 Å².